The molecule has 0 saturated heterocycles. The Morgan fingerprint density at radius 1 is 1.12 bits per heavy atom. The summed E-state index contributed by atoms with van der Waals surface area (Å²) in [5, 5.41) is 3.12. The predicted molar refractivity (Wildman–Crippen MR) is 79.7 cm³/mol. The summed E-state index contributed by atoms with van der Waals surface area (Å²) in [6, 6.07) is 5.04. The highest BCUT2D eigenvalue weighted by Gasteiger charge is 2.45. The van der Waals surface area contributed by atoms with Crippen LogP contribution in [0.25, 0.3) is 0 Å². The normalized spacial score (nSPS) is 15.7. The lowest BCUT2D eigenvalue weighted by Gasteiger charge is -2.18. The van der Waals surface area contributed by atoms with Crippen molar-refractivity contribution >= 4 is 11.9 Å². The van der Waals surface area contributed by atoms with E-state index in [1.165, 1.54) is 24.5 Å². The Hall–Kier alpha value is -2.68. The number of nitrogens with zero attached hydrogens (tertiary/aromatic N) is 2. The van der Waals surface area contributed by atoms with E-state index in [0.29, 0.717) is 5.95 Å². The summed E-state index contributed by atoms with van der Waals surface area (Å²) in [7, 11) is 0. The summed E-state index contributed by atoms with van der Waals surface area (Å²) in [6.45, 7) is 0. The highest BCUT2D eigenvalue weighted by molar-refractivity contribution is 5.93. The third-order valence-corrected chi connectivity index (χ3v) is 3.91. The van der Waals surface area contributed by atoms with Gasteiger partial charge in [-0.25, -0.2) is 15.8 Å². The van der Waals surface area contributed by atoms with Gasteiger partial charge in [0.15, 0.2) is 0 Å². The largest absolute Gasteiger partial charge is 0.416 e. The van der Waals surface area contributed by atoms with E-state index < -0.39 is 23.2 Å². The van der Waals surface area contributed by atoms with Crippen molar-refractivity contribution in [2.75, 3.05) is 5.32 Å². The Morgan fingerprint density at radius 3 is 2.17 bits per heavy atom. The molecule has 0 bridgehead atoms. The SMILES string of the molecule is NNC(=O)c1cnc(NC2(c3ccc(C(F)(F)F)cc3)CC2)nc1. The van der Waals surface area contributed by atoms with Gasteiger partial charge < -0.3 is 5.32 Å². The summed E-state index contributed by atoms with van der Waals surface area (Å²) in [4.78, 5) is 19.4. The van der Waals surface area contributed by atoms with Gasteiger partial charge in [0.25, 0.3) is 5.91 Å². The van der Waals surface area contributed by atoms with Crippen molar-refractivity contribution in [3.63, 3.8) is 0 Å². The number of rotatable bonds is 4. The van der Waals surface area contributed by atoms with Crippen LogP contribution >= 0.6 is 0 Å². The number of nitrogens with one attached hydrogen (secondary N) is 2. The van der Waals surface area contributed by atoms with Crippen LogP contribution in [0.2, 0.25) is 0 Å². The molecule has 9 heteroatoms. The second kappa shape index (κ2) is 5.75. The first-order valence-electron chi connectivity index (χ1n) is 7.13. The van der Waals surface area contributed by atoms with Crippen molar-refractivity contribution in [1.29, 1.82) is 0 Å². The van der Waals surface area contributed by atoms with Crippen molar-refractivity contribution in [3.8, 4) is 0 Å². The molecule has 24 heavy (non-hydrogen) atoms. The lowest BCUT2D eigenvalue weighted by atomic mass is 10.0. The number of carbonyl (C=O) groups is 1. The Kier molecular flexibility index (Phi) is 3.88. The minimum Gasteiger partial charge on any atom is -0.345 e. The van der Waals surface area contributed by atoms with E-state index in [0.717, 1.165) is 30.5 Å². The molecule has 4 N–H and O–H groups in total. The van der Waals surface area contributed by atoms with E-state index in [1.54, 1.807) is 0 Å². The van der Waals surface area contributed by atoms with Crippen molar-refractivity contribution in [2.24, 2.45) is 5.84 Å². The van der Waals surface area contributed by atoms with Gasteiger partial charge >= 0.3 is 6.18 Å². The van der Waals surface area contributed by atoms with E-state index in [1.807, 2.05) is 5.43 Å². The van der Waals surface area contributed by atoms with Gasteiger partial charge in [0.2, 0.25) is 5.95 Å². The molecule has 1 heterocycles. The van der Waals surface area contributed by atoms with Crippen molar-refractivity contribution in [1.82, 2.24) is 15.4 Å². The number of alkyl halides is 3. The standard InChI is InChI=1S/C15H14F3N5O/c16-15(17,18)11-3-1-10(2-4-11)14(5-6-14)22-13-20-7-9(8-21-13)12(24)23-19/h1-4,7-8H,5-6,19H2,(H,23,24)(H,20,21,22). The third kappa shape index (κ3) is 3.16. The Morgan fingerprint density at radius 2 is 1.71 bits per heavy atom. The molecule has 1 saturated carbocycles. The number of hydrogen-bond acceptors (Lipinski definition) is 5. The molecule has 1 aromatic carbocycles. The second-order valence-electron chi connectivity index (χ2n) is 5.55. The van der Waals surface area contributed by atoms with E-state index in [4.69, 9.17) is 5.84 Å². The number of aromatic nitrogens is 2. The van der Waals surface area contributed by atoms with Gasteiger partial charge in [-0.3, -0.25) is 10.2 Å². The smallest absolute Gasteiger partial charge is 0.345 e. The van der Waals surface area contributed by atoms with Crippen LogP contribution in [0.1, 0.15) is 34.3 Å². The lowest BCUT2D eigenvalue weighted by molar-refractivity contribution is -0.137. The van der Waals surface area contributed by atoms with Crippen LogP contribution in [0.3, 0.4) is 0 Å². The first-order chi connectivity index (χ1) is 11.3. The van der Waals surface area contributed by atoms with Gasteiger partial charge in [-0.1, -0.05) is 12.1 Å². The Labute approximate surface area is 135 Å². The van der Waals surface area contributed by atoms with Crippen LogP contribution < -0.4 is 16.6 Å². The minimum atomic E-state index is -4.36. The van der Waals surface area contributed by atoms with Gasteiger partial charge in [-0.05, 0) is 30.5 Å². The molecular weight excluding hydrogens is 323 g/mol. The highest BCUT2D eigenvalue weighted by atomic mass is 19.4. The van der Waals surface area contributed by atoms with E-state index in [2.05, 4.69) is 15.3 Å². The summed E-state index contributed by atoms with van der Waals surface area (Å²) < 4.78 is 37.9. The maximum atomic E-state index is 12.6. The molecule has 0 aliphatic heterocycles. The topological polar surface area (TPSA) is 92.9 Å². The molecule has 2 aromatic rings. The highest BCUT2D eigenvalue weighted by Crippen LogP contribution is 2.48. The van der Waals surface area contributed by atoms with E-state index in [9.17, 15) is 18.0 Å². The third-order valence-electron chi connectivity index (χ3n) is 3.91. The summed E-state index contributed by atoms with van der Waals surface area (Å²) in [5.41, 5.74) is 1.77. The fraction of sp³-hybridized carbons (Fsp3) is 0.267. The maximum Gasteiger partial charge on any atom is 0.416 e. The van der Waals surface area contributed by atoms with Crippen LogP contribution in [0.15, 0.2) is 36.7 Å². The number of hydrazine groups is 1. The van der Waals surface area contributed by atoms with Crippen molar-refractivity contribution in [2.45, 2.75) is 24.6 Å². The Bertz CT molecular complexity index is 739. The molecule has 0 unspecified atom stereocenters. The zero-order valence-electron chi connectivity index (χ0n) is 12.4. The second-order valence-corrected chi connectivity index (χ2v) is 5.55. The van der Waals surface area contributed by atoms with Crippen LogP contribution in [0, 0.1) is 0 Å². The van der Waals surface area contributed by atoms with E-state index >= 15 is 0 Å². The molecule has 0 atom stereocenters. The van der Waals surface area contributed by atoms with Gasteiger partial charge in [0.1, 0.15) is 0 Å². The maximum absolute atomic E-state index is 12.6. The number of hydrogen-bond donors (Lipinski definition) is 3. The number of anilines is 1. The molecule has 0 spiro atoms. The molecule has 1 aliphatic carbocycles. The minimum absolute atomic E-state index is 0.211. The fourth-order valence-electron chi connectivity index (χ4n) is 2.40. The first kappa shape index (κ1) is 16.2. The molecule has 1 fully saturated rings. The van der Waals surface area contributed by atoms with Crippen molar-refractivity contribution < 1.29 is 18.0 Å². The number of halogens is 3. The zero-order chi connectivity index (χ0) is 17.4. The molecule has 126 valence electrons. The monoisotopic (exact) mass is 337 g/mol. The van der Waals surface area contributed by atoms with Gasteiger partial charge in [-0.2, -0.15) is 13.2 Å². The number of benzene rings is 1. The number of carbonyl (C=O) groups excluding carboxylic acids is 1. The van der Waals surface area contributed by atoms with Crippen LogP contribution in [0.5, 0.6) is 0 Å². The molecule has 1 aromatic heterocycles. The molecular formula is C15H14F3N5O. The molecule has 3 rings (SSSR count). The quantitative estimate of drug-likeness (QED) is 0.452. The van der Waals surface area contributed by atoms with E-state index in [-0.39, 0.29) is 5.56 Å². The molecule has 1 aliphatic rings. The summed E-state index contributed by atoms with van der Waals surface area (Å²) in [6.07, 6.45) is -0.203. The van der Waals surface area contributed by atoms with Crippen LogP contribution in [0.4, 0.5) is 19.1 Å². The number of nitrogen functional groups attached to an aromatic ring is 1. The van der Waals surface area contributed by atoms with Crippen LogP contribution in [-0.2, 0) is 11.7 Å². The number of amides is 1. The Balaban J connectivity index is 1.76. The van der Waals surface area contributed by atoms with Crippen LogP contribution in [-0.4, -0.2) is 15.9 Å². The zero-order valence-corrected chi connectivity index (χ0v) is 12.4. The van der Waals surface area contributed by atoms with Gasteiger partial charge in [0, 0.05) is 12.4 Å². The van der Waals surface area contributed by atoms with Gasteiger partial charge in [0.05, 0.1) is 16.7 Å². The summed E-state index contributed by atoms with van der Waals surface area (Å²) in [5.74, 6) is 4.81. The number of nitrogens with two attached hydrogens (primary N) is 1. The molecule has 6 nitrogen and oxygen atoms in total. The fourth-order valence-corrected chi connectivity index (χ4v) is 2.40. The lowest BCUT2D eigenvalue weighted by Crippen LogP contribution is -2.30. The summed E-state index contributed by atoms with van der Waals surface area (Å²) >= 11 is 0. The first-order valence-corrected chi connectivity index (χ1v) is 7.13. The average Bonchev–Trinajstić information content (AvgIpc) is 3.35. The average molecular weight is 337 g/mol. The van der Waals surface area contributed by atoms with Crippen molar-refractivity contribution in [3.05, 3.63) is 53.3 Å². The molecule has 1 amide bonds. The predicted octanol–water partition coefficient (Wildman–Crippen LogP) is 2.20. The van der Waals surface area contributed by atoms with Gasteiger partial charge in [-0.15, -0.1) is 0 Å². The molecule has 0 radical (unpaired) electrons.